The maximum Gasteiger partial charge on any atom is 0.255 e. The van der Waals surface area contributed by atoms with E-state index in [2.05, 4.69) is 21.7 Å². The minimum absolute atomic E-state index is 0.168. The van der Waals surface area contributed by atoms with Crippen molar-refractivity contribution in [1.82, 2.24) is 4.98 Å². The fraction of sp³-hybridized carbons (Fsp3) is 0.455. The number of aromatic nitrogens is 1. The number of rotatable bonds is 4. The van der Waals surface area contributed by atoms with Crippen molar-refractivity contribution in [2.24, 2.45) is 17.8 Å². The average Bonchev–Trinajstić information content (AvgIpc) is 2.62. The van der Waals surface area contributed by atoms with E-state index >= 15 is 0 Å². The number of nitrogens with zero attached hydrogens (tertiary/aromatic N) is 1. The maximum absolute atomic E-state index is 12.7. The molecule has 4 nitrogen and oxygen atoms in total. The van der Waals surface area contributed by atoms with Crippen LogP contribution in [0.25, 0.3) is 0 Å². The minimum atomic E-state index is -0.168. The fourth-order valence-corrected chi connectivity index (χ4v) is 6.16. The van der Waals surface area contributed by atoms with E-state index in [0.29, 0.717) is 10.7 Å². The summed E-state index contributed by atoms with van der Waals surface area (Å²) in [6.45, 7) is 0. The van der Waals surface area contributed by atoms with Crippen LogP contribution in [0.1, 0.15) is 48.9 Å². The highest BCUT2D eigenvalue weighted by atomic mass is 35.5. The minimum Gasteiger partial charge on any atom is -0.378 e. The number of pyridine rings is 1. The lowest BCUT2D eigenvalue weighted by Crippen LogP contribution is -2.54. The first-order valence-corrected chi connectivity index (χ1v) is 10.3. The van der Waals surface area contributed by atoms with Gasteiger partial charge >= 0.3 is 0 Å². The first kappa shape index (κ1) is 17.1. The van der Waals surface area contributed by atoms with Crippen molar-refractivity contribution in [2.45, 2.75) is 44.1 Å². The zero-order chi connectivity index (χ0) is 18.4. The highest BCUT2D eigenvalue weighted by Gasteiger charge is 2.51. The van der Waals surface area contributed by atoms with Crippen LogP contribution in [0.15, 0.2) is 42.6 Å². The van der Waals surface area contributed by atoms with Gasteiger partial charge in [0.2, 0.25) is 0 Å². The van der Waals surface area contributed by atoms with Crippen LogP contribution in [-0.2, 0) is 0 Å². The summed E-state index contributed by atoms with van der Waals surface area (Å²) in [5.41, 5.74) is 2.56. The molecule has 2 N–H and O–H groups in total. The number of anilines is 2. The molecular formula is C22H24ClN3O. The molecule has 4 aliphatic carbocycles. The van der Waals surface area contributed by atoms with Crippen LogP contribution in [0, 0.1) is 17.8 Å². The number of nitrogens with one attached hydrogen (secondary N) is 2. The second kappa shape index (κ2) is 6.52. The van der Waals surface area contributed by atoms with Crippen molar-refractivity contribution in [3.05, 3.63) is 53.3 Å². The van der Waals surface area contributed by atoms with Crippen LogP contribution in [0.3, 0.4) is 0 Å². The lowest BCUT2D eigenvalue weighted by Gasteiger charge is -2.57. The van der Waals surface area contributed by atoms with E-state index in [-0.39, 0.29) is 11.4 Å². The molecule has 4 bridgehead atoms. The molecule has 0 spiro atoms. The van der Waals surface area contributed by atoms with E-state index < -0.39 is 0 Å². The van der Waals surface area contributed by atoms with Crippen molar-refractivity contribution in [1.29, 1.82) is 0 Å². The van der Waals surface area contributed by atoms with Gasteiger partial charge in [0.15, 0.2) is 0 Å². The molecule has 4 fully saturated rings. The molecule has 0 atom stereocenters. The van der Waals surface area contributed by atoms with Crippen LogP contribution in [0.2, 0.25) is 5.15 Å². The molecule has 0 radical (unpaired) electrons. The zero-order valence-corrected chi connectivity index (χ0v) is 16.0. The van der Waals surface area contributed by atoms with Gasteiger partial charge in [0.25, 0.3) is 5.91 Å². The molecule has 1 amide bonds. The third-order valence-corrected chi connectivity index (χ3v) is 6.81. The van der Waals surface area contributed by atoms with E-state index in [4.69, 9.17) is 11.6 Å². The van der Waals surface area contributed by atoms with E-state index in [0.717, 1.165) is 29.1 Å². The lowest BCUT2D eigenvalue weighted by atomic mass is 9.53. The van der Waals surface area contributed by atoms with E-state index in [1.165, 1.54) is 38.5 Å². The Morgan fingerprint density at radius 2 is 1.63 bits per heavy atom. The topological polar surface area (TPSA) is 54.0 Å². The molecule has 1 aromatic heterocycles. The van der Waals surface area contributed by atoms with Gasteiger partial charge in [-0.3, -0.25) is 4.79 Å². The predicted molar refractivity (Wildman–Crippen MR) is 108 cm³/mol. The van der Waals surface area contributed by atoms with E-state index in [1.54, 1.807) is 18.3 Å². The Bertz CT molecular complexity index is 846. The molecule has 0 saturated heterocycles. The Balaban J connectivity index is 1.38. The summed E-state index contributed by atoms with van der Waals surface area (Å²) in [7, 11) is 0. The molecule has 4 saturated carbocycles. The normalized spacial score (nSPS) is 30.9. The number of para-hydroxylation sites is 2. The van der Waals surface area contributed by atoms with Gasteiger partial charge < -0.3 is 10.6 Å². The summed E-state index contributed by atoms with van der Waals surface area (Å²) < 4.78 is 0. The van der Waals surface area contributed by atoms with Gasteiger partial charge in [-0.05, 0) is 80.5 Å². The van der Waals surface area contributed by atoms with Gasteiger partial charge in [-0.2, -0.15) is 0 Å². The lowest BCUT2D eigenvalue weighted by molar-refractivity contribution is 0.0107. The molecule has 1 aromatic carbocycles. The molecule has 5 heteroatoms. The van der Waals surface area contributed by atoms with Crippen LogP contribution in [0.4, 0.5) is 11.4 Å². The van der Waals surface area contributed by atoms with Gasteiger partial charge in [-0.25, -0.2) is 4.98 Å². The number of carbonyl (C=O) groups excluding carboxylic acids is 1. The number of hydrogen-bond donors (Lipinski definition) is 2. The summed E-state index contributed by atoms with van der Waals surface area (Å²) >= 11 is 5.92. The van der Waals surface area contributed by atoms with Gasteiger partial charge in [0, 0.05) is 17.3 Å². The first-order chi connectivity index (χ1) is 13.1. The largest absolute Gasteiger partial charge is 0.378 e. The second-order valence-corrected chi connectivity index (χ2v) is 9.08. The van der Waals surface area contributed by atoms with Crippen molar-refractivity contribution in [3.63, 3.8) is 0 Å². The van der Waals surface area contributed by atoms with E-state index in [9.17, 15) is 4.79 Å². The summed E-state index contributed by atoms with van der Waals surface area (Å²) in [6, 6.07) is 11.3. The van der Waals surface area contributed by atoms with Crippen molar-refractivity contribution < 1.29 is 4.79 Å². The van der Waals surface area contributed by atoms with Crippen LogP contribution in [-0.4, -0.2) is 16.4 Å². The van der Waals surface area contributed by atoms with Gasteiger partial charge in [0.1, 0.15) is 5.15 Å². The average molecular weight is 382 g/mol. The van der Waals surface area contributed by atoms with Crippen LogP contribution >= 0.6 is 11.6 Å². The Hall–Kier alpha value is -2.07. The Morgan fingerprint density at radius 1 is 1.00 bits per heavy atom. The van der Waals surface area contributed by atoms with Crippen molar-refractivity contribution in [2.75, 3.05) is 10.6 Å². The first-order valence-electron chi connectivity index (χ1n) is 9.89. The molecule has 0 unspecified atom stereocenters. The number of amides is 1. The molecule has 0 aliphatic heterocycles. The Kier molecular flexibility index (Phi) is 4.12. The smallest absolute Gasteiger partial charge is 0.255 e. The zero-order valence-electron chi connectivity index (χ0n) is 15.2. The summed E-state index contributed by atoms with van der Waals surface area (Å²) in [4.78, 5) is 16.6. The summed E-state index contributed by atoms with van der Waals surface area (Å²) in [5, 5.41) is 7.24. The van der Waals surface area contributed by atoms with Gasteiger partial charge in [-0.15, -0.1) is 0 Å². The summed E-state index contributed by atoms with van der Waals surface area (Å²) in [6.07, 6.45) is 9.60. The van der Waals surface area contributed by atoms with Crippen LogP contribution in [0.5, 0.6) is 0 Å². The standard InChI is InChI=1S/C22H24ClN3O/c23-20-10-17(5-6-24-20)21(27)25-18-3-1-2-4-19(18)26-22-11-14-7-15(12-22)9-16(8-14)13-22/h1-6,10,14-16,26H,7-9,11-13H2,(H,25,27). The molecular weight excluding hydrogens is 358 g/mol. The number of halogens is 1. The van der Waals surface area contributed by atoms with Gasteiger partial charge in [-0.1, -0.05) is 23.7 Å². The molecule has 6 rings (SSSR count). The van der Waals surface area contributed by atoms with Crippen molar-refractivity contribution in [3.8, 4) is 0 Å². The number of hydrogen-bond acceptors (Lipinski definition) is 3. The Morgan fingerprint density at radius 3 is 2.26 bits per heavy atom. The third-order valence-electron chi connectivity index (χ3n) is 6.60. The molecule has 1 heterocycles. The SMILES string of the molecule is O=C(Nc1ccccc1NC12CC3CC(CC(C3)C1)C2)c1ccnc(Cl)c1. The van der Waals surface area contributed by atoms with Crippen LogP contribution < -0.4 is 10.6 Å². The van der Waals surface area contributed by atoms with Crippen molar-refractivity contribution >= 4 is 28.9 Å². The predicted octanol–water partition coefficient (Wildman–Crippen LogP) is 5.37. The molecule has 27 heavy (non-hydrogen) atoms. The number of benzene rings is 1. The van der Waals surface area contributed by atoms with E-state index in [1.807, 2.05) is 18.2 Å². The fourth-order valence-electron chi connectivity index (χ4n) is 5.99. The maximum atomic E-state index is 12.7. The highest BCUT2D eigenvalue weighted by Crippen LogP contribution is 2.56. The molecule has 140 valence electrons. The number of carbonyl (C=O) groups is 1. The van der Waals surface area contributed by atoms with Gasteiger partial charge in [0.05, 0.1) is 11.4 Å². The third kappa shape index (κ3) is 3.31. The quantitative estimate of drug-likeness (QED) is 0.700. The highest BCUT2D eigenvalue weighted by molar-refractivity contribution is 6.29. The summed E-state index contributed by atoms with van der Waals surface area (Å²) in [5.74, 6) is 2.47. The monoisotopic (exact) mass is 381 g/mol. The molecule has 4 aliphatic rings. The second-order valence-electron chi connectivity index (χ2n) is 8.69. The molecule has 2 aromatic rings. The Labute approximate surface area is 164 Å².